The molecule has 1 saturated carbocycles. The zero-order valence-electron chi connectivity index (χ0n) is 25.0. The Kier molecular flexibility index (Phi) is 8.15. The summed E-state index contributed by atoms with van der Waals surface area (Å²) >= 11 is 0. The molecule has 2 aliphatic carbocycles. The monoisotopic (exact) mass is 560 g/mol. The lowest BCUT2D eigenvalue weighted by Crippen LogP contribution is -2.50. The van der Waals surface area contributed by atoms with E-state index in [0.29, 0.717) is 17.9 Å². The van der Waals surface area contributed by atoms with Crippen LogP contribution in [0.2, 0.25) is 0 Å². The van der Waals surface area contributed by atoms with E-state index in [-0.39, 0.29) is 34.6 Å². The molecule has 5 nitrogen and oxygen atoms in total. The van der Waals surface area contributed by atoms with Crippen molar-refractivity contribution in [1.82, 2.24) is 0 Å². The summed E-state index contributed by atoms with van der Waals surface area (Å²) in [5.41, 5.74) is 5.25. The molecule has 0 N–H and O–H groups in total. The van der Waals surface area contributed by atoms with Crippen LogP contribution in [0.1, 0.15) is 74.8 Å². The predicted molar refractivity (Wildman–Crippen MR) is 158 cm³/mol. The fourth-order valence-electron chi connectivity index (χ4n) is 6.92. The normalized spacial score (nSPS) is 20.6. The van der Waals surface area contributed by atoms with Crippen LogP contribution in [-0.4, -0.2) is 27.3 Å². The third kappa shape index (κ3) is 5.46. The second-order valence-electron chi connectivity index (χ2n) is 12.5. The first kappa shape index (κ1) is 29.1. The number of halogens is 1. The van der Waals surface area contributed by atoms with Crippen LogP contribution in [0.4, 0.5) is 4.39 Å². The fraction of sp³-hybridized carbons (Fsp3) is 0.457. The second-order valence-corrected chi connectivity index (χ2v) is 12.5. The lowest BCUT2D eigenvalue weighted by atomic mass is 9.52. The van der Waals surface area contributed by atoms with Gasteiger partial charge in [-0.2, -0.15) is 0 Å². The van der Waals surface area contributed by atoms with Crippen molar-refractivity contribution >= 4 is 5.97 Å². The van der Waals surface area contributed by atoms with Crippen molar-refractivity contribution in [1.29, 1.82) is 0 Å². The lowest BCUT2D eigenvalue weighted by Gasteiger charge is -2.51. The van der Waals surface area contributed by atoms with Crippen molar-refractivity contribution in [2.24, 2.45) is 11.3 Å². The van der Waals surface area contributed by atoms with Crippen molar-refractivity contribution in [3.05, 3.63) is 82.7 Å². The van der Waals surface area contributed by atoms with Gasteiger partial charge in [0.25, 0.3) is 0 Å². The summed E-state index contributed by atoms with van der Waals surface area (Å²) in [4.78, 5) is 12.5. The summed E-state index contributed by atoms with van der Waals surface area (Å²) in [6.45, 7) is 6.68. The van der Waals surface area contributed by atoms with Gasteiger partial charge in [0.15, 0.2) is 0 Å². The fourth-order valence-corrected chi connectivity index (χ4v) is 6.92. The third-order valence-electron chi connectivity index (χ3n) is 9.01. The molecule has 0 aliphatic heterocycles. The smallest absolute Gasteiger partial charge is 0.309 e. The maximum absolute atomic E-state index is 15.1. The molecular weight excluding hydrogens is 519 g/mol. The van der Waals surface area contributed by atoms with E-state index >= 15 is 4.39 Å². The van der Waals surface area contributed by atoms with Gasteiger partial charge < -0.3 is 18.9 Å². The number of methoxy groups -OCH3 is 3. The highest BCUT2D eigenvalue weighted by molar-refractivity contribution is 5.76. The van der Waals surface area contributed by atoms with Gasteiger partial charge in [-0.05, 0) is 102 Å². The minimum Gasteiger partial charge on any atom is -0.497 e. The molecule has 0 aromatic heterocycles. The maximum atomic E-state index is 15.1. The Hall–Kier alpha value is -3.38. The molecule has 0 unspecified atom stereocenters. The number of rotatable bonds is 8. The van der Waals surface area contributed by atoms with Gasteiger partial charge in [0, 0.05) is 18.1 Å². The second kappa shape index (κ2) is 11.5. The first-order chi connectivity index (χ1) is 19.6. The minimum absolute atomic E-state index is 0.0858. The average Bonchev–Trinajstić information content (AvgIpc) is 2.95. The number of carbonyl (C=O) groups excluding carboxylic acids is 1. The van der Waals surface area contributed by atoms with Crippen LogP contribution in [0.25, 0.3) is 11.1 Å². The molecule has 1 fully saturated rings. The predicted octanol–water partition coefficient (Wildman–Crippen LogP) is 7.97. The Morgan fingerprint density at radius 1 is 0.976 bits per heavy atom. The van der Waals surface area contributed by atoms with E-state index in [1.165, 1.54) is 24.3 Å². The van der Waals surface area contributed by atoms with E-state index < -0.39 is 0 Å². The molecule has 3 atom stereocenters. The lowest BCUT2D eigenvalue weighted by molar-refractivity contribution is -0.153. The first-order valence-corrected chi connectivity index (χ1v) is 14.4. The Labute approximate surface area is 243 Å². The van der Waals surface area contributed by atoms with Gasteiger partial charge in [-0.3, -0.25) is 4.79 Å². The maximum Gasteiger partial charge on any atom is 0.309 e. The van der Waals surface area contributed by atoms with Gasteiger partial charge in [0.2, 0.25) is 0 Å². The zero-order chi connectivity index (χ0) is 29.4. The van der Waals surface area contributed by atoms with E-state index in [1.807, 2.05) is 18.2 Å². The number of carbonyl (C=O) groups is 1. The molecule has 218 valence electrons. The van der Waals surface area contributed by atoms with Crippen molar-refractivity contribution in [3.63, 3.8) is 0 Å². The molecule has 6 heteroatoms. The quantitative estimate of drug-likeness (QED) is 0.262. The largest absolute Gasteiger partial charge is 0.497 e. The number of esters is 1. The average molecular weight is 561 g/mol. The molecule has 0 amide bonds. The highest BCUT2D eigenvalue weighted by atomic mass is 19.1. The number of benzene rings is 3. The van der Waals surface area contributed by atoms with E-state index in [0.717, 1.165) is 54.5 Å². The standard InChI is InChI=1S/C35H41FO5/c1-34(2,3)32(39-5)28-18-22(9-13-26(28)27-19-24(38-4)12-14-31(27)36)21-41-25-11-10-23-8-7-16-35(30(23)20-25)17-15-29(35)33(37)40-6/h9-14,18-20,29,32H,7-8,15-17,21H2,1-6H3/t29-,32-,35+/m1/s1. The van der Waals surface area contributed by atoms with Crippen molar-refractivity contribution in [2.75, 3.05) is 21.3 Å². The molecule has 3 aromatic carbocycles. The van der Waals surface area contributed by atoms with Crippen molar-refractivity contribution in [3.8, 4) is 22.6 Å². The van der Waals surface area contributed by atoms with Crippen LogP contribution in [0.5, 0.6) is 11.5 Å². The highest BCUT2D eigenvalue weighted by Gasteiger charge is 2.53. The van der Waals surface area contributed by atoms with Crippen LogP contribution in [-0.2, 0) is 32.7 Å². The highest BCUT2D eigenvalue weighted by Crippen LogP contribution is 2.56. The van der Waals surface area contributed by atoms with Gasteiger partial charge in [-0.15, -0.1) is 0 Å². The first-order valence-electron chi connectivity index (χ1n) is 14.4. The Balaban J connectivity index is 1.46. The van der Waals surface area contributed by atoms with Gasteiger partial charge >= 0.3 is 5.97 Å². The summed E-state index contributed by atoms with van der Waals surface area (Å²) in [6.07, 6.45) is 4.69. The Bertz CT molecular complexity index is 1420. The molecule has 5 rings (SSSR count). The minimum atomic E-state index is -0.316. The van der Waals surface area contributed by atoms with E-state index in [9.17, 15) is 4.79 Å². The third-order valence-corrected chi connectivity index (χ3v) is 9.01. The summed E-state index contributed by atoms with van der Waals surface area (Å²) in [7, 11) is 4.75. The topological polar surface area (TPSA) is 54.0 Å². The van der Waals surface area contributed by atoms with Crippen LogP contribution in [0.3, 0.4) is 0 Å². The van der Waals surface area contributed by atoms with Gasteiger partial charge in [-0.1, -0.05) is 39.0 Å². The Morgan fingerprint density at radius 3 is 2.41 bits per heavy atom. The van der Waals surface area contributed by atoms with Crippen molar-refractivity contribution in [2.45, 2.75) is 71.0 Å². The summed E-state index contributed by atoms with van der Waals surface area (Å²) in [6, 6.07) is 17.1. The number of fused-ring (bicyclic) bond motifs is 2. The molecule has 0 saturated heterocycles. The Morgan fingerprint density at radius 2 is 1.76 bits per heavy atom. The van der Waals surface area contributed by atoms with E-state index in [1.54, 1.807) is 26.4 Å². The zero-order valence-corrected chi connectivity index (χ0v) is 25.0. The van der Waals surface area contributed by atoms with Gasteiger partial charge in [-0.25, -0.2) is 4.39 Å². The molecule has 0 bridgehead atoms. The van der Waals surface area contributed by atoms with Gasteiger partial charge in [0.1, 0.15) is 23.9 Å². The van der Waals surface area contributed by atoms with Crippen molar-refractivity contribution < 1.29 is 28.1 Å². The molecule has 2 aliphatic rings. The number of aryl methyl sites for hydroxylation is 1. The van der Waals surface area contributed by atoms with E-state index in [4.69, 9.17) is 18.9 Å². The van der Waals surface area contributed by atoms with Gasteiger partial charge in [0.05, 0.1) is 26.2 Å². The van der Waals surface area contributed by atoms with Crippen LogP contribution >= 0.6 is 0 Å². The van der Waals surface area contributed by atoms with E-state index in [2.05, 4.69) is 39.0 Å². The number of hydrogen-bond donors (Lipinski definition) is 0. The molecule has 1 spiro atoms. The molecule has 0 radical (unpaired) electrons. The number of ether oxygens (including phenoxy) is 4. The van der Waals surface area contributed by atoms with Crippen LogP contribution in [0.15, 0.2) is 54.6 Å². The summed E-state index contributed by atoms with van der Waals surface area (Å²) in [5.74, 6) is 0.864. The molecule has 3 aromatic rings. The number of hydrogen-bond acceptors (Lipinski definition) is 5. The molecule has 0 heterocycles. The van der Waals surface area contributed by atoms with Crippen LogP contribution in [0, 0.1) is 17.2 Å². The molecule has 41 heavy (non-hydrogen) atoms. The van der Waals surface area contributed by atoms with Crippen LogP contribution < -0.4 is 9.47 Å². The SMILES string of the molecule is COC(=O)[C@H]1CC[C@@]12CCCc1ccc(OCc3ccc(-c4cc(OC)ccc4F)c([C@@H](OC)C(C)(C)C)c3)cc12. The molecular formula is C35H41FO5. The summed E-state index contributed by atoms with van der Waals surface area (Å²) in [5, 5.41) is 0. The summed E-state index contributed by atoms with van der Waals surface area (Å²) < 4.78 is 38.0.